The fraction of sp³-hybridized carbons (Fsp3) is 0.278. The minimum atomic E-state index is -0.447. The summed E-state index contributed by atoms with van der Waals surface area (Å²) in [5.41, 5.74) is 1.43. The Labute approximate surface area is 135 Å². The van der Waals surface area contributed by atoms with Gasteiger partial charge in [0.05, 0.1) is 6.42 Å². The Hall–Kier alpha value is -1.87. The summed E-state index contributed by atoms with van der Waals surface area (Å²) >= 11 is 5.94. The number of amides is 1. The van der Waals surface area contributed by atoms with Crippen LogP contribution < -0.4 is 5.32 Å². The number of carbonyl (C=O) groups is 1. The van der Waals surface area contributed by atoms with Crippen LogP contribution in [0.4, 0.5) is 4.39 Å². The normalized spacial score (nSPS) is 12.0. The van der Waals surface area contributed by atoms with Crippen LogP contribution in [0.3, 0.4) is 0 Å². The van der Waals surface area contributed by atoms with Crippen molar-refractivity contribution >= 4 is 17.5 Å². The quantitative estimate of drug-likeness (QED) is 0.843. The van der Waals surface area contributed by atoms with E-state index in [2.05, 4.69) is 12.2 Å². The molecule has 1 N–H and O–H groups in total. The van der Waals surface area contributed by atoms with Crippen LogP contribution in [0, 0.1) is 5.82 Å². The highest BCUT2D eigenvalue weighted by Crippen LogP contribution is 2.20. The maximum atomic E-state index is 13.7. The second-order valence-electron chi connectivity index (χ2n) is 5.20. The first-order valence-electron chi connectivity index (χ1n) is 7.36. The van der Waals surface area contributed by atoms with E-state index in [0.29, 0.717) is 6.54 Å². The molecule has 22 heavy (non-hydrogen) atoms. The molecule has 116 valence electrons. The number of hydrogen-bond donors (Lipinski definition) is 1. The molecule has 0 aliphatic rings. The second-order valence-corrected chi connectivity index (χ2v) is 5.60. The largest absolute Gasteiger partial charge is 0.355 e. The molecule has 0 fully saturated rings. The molecule has 0 saturated heterocycles. The van der Waals surface area contributed by atoms with Crippen molar-refractivity contribution in [3.8, 4) is 0 Å². The number of halogens is 2. The molecule has 2 aromatic carbocycles. The van der Waals surface area contributed by atoms with Gasteiger partial charge in [-0.15, -0.1) is 0 Å². The molecule has 2 aromatic rings. The first kappa shape index (κ1) is 16.5. The Balaban J connectivity index is 1.95. The highest BCUT2D eigenvalue weighted by atomic mass is 35.5. The van der Waals surface area contributed by atoms with Crippen LogP contribution >= 0.6 is 11.6 Å². The fourth-order valence-corrected chi connectivity index (χ4v) is 2.61. The molecule has 2 nitrogen and oxygen atoms in total. The topological polar surface area (TPSA) is 29.1 Å². The van der Waals surface area contributed by atoms with E-state index in [-0.39, 0.29) is 28.8 Å². The summed E-state index contributed by atoms with van der Waals surface area (Å²) in [4.78, 5) is 12.0. The van der Waals surface area contributed by atoms with Crippen LogP contribution in [0.15, 0.2) is 48.5 Å². The van der Waals surface area contributed by atoms with Gasteiger partial charge in [0.2, 0.25) is 5.91 Å². The first-order valence-corrected chi connectivity index (χ1v) is 7.74. The molecule has 2 rings (SSSR count). The van der Waals surface area contributed by atoms with Crippen molar-refractivity contribution in [2.24, 2.45) is 0 Å². The molecule has 0 saturated carbocycles. The average molecular weight is 320 g/mol. The fourth-order valence-electron chi connectivity index (χ4n) is 2.38. The summed E-state index contributed by atoms with van der Waals surface area (Å²) in [6.07, 6.45) is 0.876. The Kier molecular flexibility index (Phi) is 5.96. The van der Waals surface area contributed by atoms with Crippen LogP contribution in [0.2, 0.25) is 5.02 Å². The summed E-state index contributed by atoms with van der Waals surface area (Å²) in [6, 6.07) is 14.5. The monoisotopic (exact) mass is 319 g/mol. The smallest absolute Gasteiger partial charge is 0.224 e. The van der Waals surface area contributed by atoms with E-state index in [1.54, 1.807) is 6.07 Å². The van der Waals surface area contributed by atoms with Crippen LogP contribution in [0.25, 0.3) is 0 Å². The molecular weight excluding hydrogens is 301 g/mol. The van der Waals surface area contributed by atoms with Crippen molar-refractivity contribution in [2.45, 2.75) is 25.7 Å². The zero-order chi connectivity index (χ0) is 15.9. The second kappa shape index (κ2) is 7.95. The van der Waals surface area contributed by atoms with Crippen molar-refractivity contribution in [2.75, 3.05) is 6.54 Å². The molecular formula is C18H19ClFNO. The van der Waals surface area contributed by atoms with Crippen LogP contribution in [0.5, 0.6) is 0 Å². The highest BCUT2D eigenvalue weighted by molar-refractivity contribution is 6.31. The standard InChI is InChI=1S/C18H19ClFNO/c1-2-13(14-7-4-3-5-8-14)12-21-18(22)11-15-16(19)9-6-10-17(15)20/h3-10,13H,2,11-12H2,1H3,(H,21,22). The first-order chi connectivity index (χ1) is 10.6. The van der Waals surface area contributed by atoms with Crippen LogP contribution in [-0.2, 0) is 11.2 Å². The van der Waals surface area contributed by atoms with Gasteiger partial charge in [0.15, 0.2) is 0 Å². The molecule has 0 bridgehead atoms. The number of benzene rings is 2. The lowest BCUT2D eigenvalue weighted by molar-refractivity contribution is -0.120. The van der Waals surface area contributed by atoms with Gasteiger partial charge in [0, 0.05) is 23.0 Å². The molecule has 0 aromatic heterocycles. The predicted molar refractivity (Wildman–Crippen MR) is 87.6 cm³/mol. The highest BCUT2D eigenvalue weighted by Gasteiger charge is 2.14. The molecule has 1 amide bonds. The molecule has 1 unspecified atom stereocenters. The molecule has 0 aliphatic heterocycles. The van der Waals surface area contributed by atoms with Crippen molar-refractivity contribution < 1.29 is 9.18 Å². The summed E-state index contributed by atoms with van der Waals surface area (Å²) in [5.74, 6) is -0.416. The molecule has 0 radical (unpaired) electrons. The lowest BCUT2D eigenvalue weighted by atomic mass is 9.96. The zero-order valence-corrected chi connectivity index (χ0v) is 13.2. The molecule has 0 heterocycles. The van der Waals surface area contributed by atoms with Crippen molar-refractivity contribution in [1.82, 2.24) is 5.32 Å². The maximum Gasteiger partial charge on any atom is 0.224 e. The van der Waals surface area contributed by atoms with Gasteiger partial charge < -0.3 is 5.32 Å². The van der Waals surface area contributed by atoms with E-state index < -0.39 is 5.82 Å². The summed E-state index contributed by atoms with van der Waals surface area (Å²) in [5, 5.41) is 3.15. The van der Waals surface area contributed by atoms with E-state index in [9.17, 15) is 9.18 Å². The van der Waals surface area contributed by atoms with E-state index in [0.717, 1.165) is 6.42 Å². The number of nitrogens with one attached hydrogen (secondary N) is 1. The minimum Gasteiger partial charge on any atom is -0.355 e. The lowest BCUT2D eigenvalue weighted by Gasteiger charge is -2.16. The molecule has 0 aliphatic carbocycles. The Morgan fingerprint density at radius 1 is 1.18 bits per heavy atom. The van der Waals surface area contributed by atoms with Gasteiger partial charge in [0.25, 0.3) is 0 Å². The van der Waals surface area contributed by atoms with Gasteiger partial charge in [-0.1, -0.05) is 54.9 Å². The summed E-state index contributed by atoms with van der Waals surface area (Å²) in [7, 11) is 0. The Morgan fingerprint density at radius 3 is 2.55 bits per heavy atom. The van der Waals surface area contributed by atoms with Crippen LogP contribution in [-0.4, -0.2) is 12.5 Å². The zero-order valence-electron chi connectivity index (χ0n) is 12.5. The van der Waals surface area contributed by atoms with Gasteiger partial charge in [-0.05, 0) is 24.1 Å². The number of rotatable bonds is 6. The van der Waals surface area contributed by atoms with E-state index >= 15 is 0 Å². The van der Waals surface area contributed by atoms with Gasteiger partial charge in [-0.3, -0.25) is 4.79 Å². The van der Waals surface area contributed by atoms with E-state index in [1.165, 1.54) is 17.7 Å². The summed E-state index contributed by atoms with van der Waals surface area (Å²) in [6.45, 7) is 2.61. The van der Waals surface area contributed by atoms with Gasteiger partial charge >= 0.3 is 0 Å². The van der Waals surface area contributed by atoms with Crippen molar-refractivity contribution in [3.05, 3.63) is 70.5 Å². The van der Waals surface area contributed by atoms with E-state index in [1.807, 2.05) is 30.3 Å². The van der Waals surface area contributed by atoms with Crippen molar-refractivity contribution in [3.63, 3.8) is 0 Å². The van der Waals surface area contributed by atoms with E-state index in [4.69, 9.17) is 11.6 Å². The maximum absolute atomic E-state index is 13.7. The Bertz CT molecular complexity index is 610. The summed E-state index contributed by atoms with van der Waals surface area (Å²) < 4.78 is 13.7. The molecule has 0 spiro atoms. The van der Waals surface area contributed by atoms with Crippen molar-refractivity contribution in [1.29, 1.82) is 0 Å². The minimum absolute atomic E-state index is 0.0449. The average Bonchev–Trinajstić information content (AvgIpc) is 2.53. The van der Waals surface area contributed by atoms with Crippen LogP contribution in [0.1, 0.15) is 30.4 Å². The van der Waals surface area contributed by atoms with Gasteiger partial charge in [-0.2, -0.15) is 0 Å². The molecule has 4 heteroatoms. The SMILES string of the molecule is CCC(CNC(=O)Cc1c(F)cccc1Cl)c1ccccc1. The third-order valence-electron chi connectivity index (χ3n) is 3.71. The lowest BCUT2D eigenvalue weighted by Crippen LogP contribution is -2.29. The Morgan fingerprint density at radius 2 is 1.91 bits per heavy atom. The predicted octanol–water partition coefficient (Wildman–Crippen LogP) is 4.33. The molecule has 1 atom stereocenters. The third-order valence-corrected chi connectivity index (χ3v) is 4.06. The number of hydrogen-bond acceptors (Lipinski definition) is 1. The van der Waals surface area contributed by atoms with Gasteiger partial charge in [-0.25, -0.2) is 4.39 Å². The van der Waals surface area contributed by atoms with Gasteiger partial charge in [0.1, 0.15) is 5.82 Å². The number of carbonyl (C=O) groups excluding carboxylic acids is 1. The third kappa shape index (κ3) is 4.31.